The van der Waals surface area contributed by atoms with Crippen molar-refractivity contribution >= 4 is 11.1 Å². The van der Waals surface area contributed by atoms with Gasteiger partial charge in [-0.15, -0.1) is 0 Å². The summed E-state index contributed by atoms with van der Waals surface area (Å²) < 4.78 is 30.9. The Morgan fingerprint density at radius 3 is 2.44 bits per heavy atom. The highest BCUT2D eigenvalue weighted by Gasteiger charge is 2.07. The smallest absolute Gasteiger partial charge is 0.408 e. The molecule has 0 saturated carbocycles. The SMILES string of the molecule is O=c1[nH]c2ccc(-c3ccc(F)c(F)c3)cc2o1. The Hall–Kier alpha value is -2.43. The van der Waals surface area contributed by atoms with Gasteiger partial charge in [0, 0.05) is 0 Å². The van der Waals surface area contributed by atoms with E-state index < -0.39 is 17.4 Å². The molecule has 5 heteroatoms. The molecule has 0 fully saturated rings. The summed E-state index contributed by atoms with van der Waals surface area (Å²) in [4.78, 5) is 13.5. The van der Waals surface area contributed by atoms with Crippen molar-refractivity contribution in [2.24, 2.45) is 0 Å². The van der Waals surface area contributed by atoms with Gasteiger partial charge in [-0.2, -0.15) is 0 Å². The summed E-state index contributed by atoms with van der Waals surface area (Å²) in [5.41, 5.74) is 2.09. The fourth-order valence-corrected chi connectivity index (χ4v) is 1.80. The van der Waals surface area contributed by atoms with E-state index in [4.69, 9.17) is 4.42 Å². The standard InChI is InChI=1S/C13H7F2NO2/c14-9-3-1-7(5-10(9)15)8-2-4-11-12(6-8)18-13(17)16-11/h1-6H,(H,16,17). The molecule has 2 aromatic carbocycles. The van der Waals surface area contributed by atoms with Gasteiger partial charge in [-0.1, -0.05) is 12.1 Å². The lowest BCUT2D eigenvalue weighted by Gasteiger charge is -2.02. The highest BCUT2D eigenvalue weighted by Crippen LogP contribution is 2.24. The van der Waals surface area contributed by atoms with Gasteiger partial charge in [0.1, 0.15) is 0 Å². The van der Waals surface area contributed by atoms with Gasteiger partial charge >= 0.3 is 5.76 Å². The summed E-state index contributed by atoms with van der Waals surface area (Å²) in [6.45, 7) is 0. The maximum atomic E-state index is 13.1. The van der Waals surface area contributed by atoms with Crippen molar-refractivity contribution in [3.05, 3.63) is 58.6 Å². The summed E-state index contributed by atoms with van der Waals surface area (Å²) in [5, 5.41) is 0. The number of halogens is 2. The van der Waals surface area contributed by atoms with Crippen LogP contribution in [0.2, 0.25) is 0 Å². The average molecular weight is 247 g/mol. The van der Waals surface area contributed by atoms with Crippen molar-refractivity contribution in [1.29, 1.82) is 0 Å². The third-order valence-corrected chi connectivity index (χ3v) is 2.67. The molecule has 0 bridgehead atoms. The largest absolute Gasteiger partial charge is 0.417 e. The van der Waals surface area contributed by atoms with Gasteiger partial charge in [-0.05, 0) is 35.4 Å². The number of hydrogen-bond acceptors (Lipinski definition) is 2. The van der Waals surface area contributed by atoms with Gasteiger partial charge in [0.25, 0.3) is 0 Å². The van der Waals surface area contributed by atoms with E-state index in [1.807, 2.05) is 0 Å². The number of benzene rings is 2. The second-order valence-electron chi connectivity index (χ2n) is 3.85. The first-order chi connectivity index (χ1) is 8.63. The van der Waals surface area contributed by atoms with Crippen LogP contribution in [0.15, 0.2) is 45.6 Å². The fourth-order valence-electron chi connectivity index (χ4n) is 1.80. The Bertz CT molecular complexity index is 789. The van der Waals surface area contributed by atoms with E-state index in [1.54, 1.807) is 18.2 Å². The second kappa shape index (κ2) is 3.80. The average Bonchev–Trinajstić information content (AvgIpc) is 2.71. The highest BCUT2D eigenvalue weighted by molar-refractivity contribution is 5.79. The Balaban J connectivity index is 2.18. The predicted octanol–water partition coefficient (Wildman–Crippen LogP) is 3.07. The van der Waals surface area contributed by atoms with E-state index in [1.165, 1.54) is 6.07 Å². The van der Waals surface area contributed by atoms with Crippen LogP contribution in [-0.4, -0.2) is 4.98 Å². The Morgan fingerprint density at radius 2 is 1.67 bits per heavy atom. The number of aromatic nitrogens is 1. The fraction of sp³-hybridized carbons (Fsp3) is 0. The van der Waals surface area contributed by atoms with Gasteiger partial charge in [-0.25, -0.2) is 13.6 Å². The van der Waals surface area contributed by atoms with Gasteiger partial charge in [-0.3, -0.25) is 4.98 Å². The molecule has 0 spiro atoms. The molecule has 3 rings (SSSR count). The summed E-state index contributed by atoms with van der Waals surface area (Å²) in [5.74, 6) is -2.36. The molecule has 0 unspecified atom stereocenters. The van der Waals surface area contributed by atoms with Crippen molar-refractivity contribution in [2.45, 2.75) is 0 Å². The van der Waals surface area contributed by atoms with Crippen molar-refractivity contribution in [3.8, 4) is 11.1 Å². The van der Waals surface area contributed by atoms with Crippen molar-refractivity contribution in [1.82, 2.24) is 4.98 Å². The van der Waals surface area contributed by atoms with Gasteiger partial charge in [0.05, 0.1) is 5.52 Å². The van der Waals surface area contributed by atoms with E-state index in [0.717, 1.165) is 12.1 Å². The third-order valence-electron chi connectivity index (χ3n) is 2.67. The van der Waals surface area contributed by atoms with Crippen LogP contribution in [0.25, 0.3) is 22.2 Å². The monoisotopic (exact) mass is 247 g/mol. The molecule has 0 aliphatic heterocycles. The molecule has 1 aromatic heterocycles. The molecule has 0 radical (unpaired) electrons. The molecule has 90 valence electrons. The highest BCUT2D eigenvalue weighted by atomic mass is 19.2. The molecule has 0 amide bonds. The minimum absolute atomic E-state index is 0.377. The van der Waals surface area contributed by atoms with E-state index in [-0.39, 0.29) is 0 Å². The first kappa shape index (κ1) is 10.7. The van der Waals surface area contributed by atoms with Crippen LogP contribution in [0.3, 0.4) is 0 Å². The number of nitrogens with one attached hydrogen (secondary N) is 1. The van der Waals surface area contributed by atoms with Crippen LogP contribution in [0.5, 0.6) is 0 Å². The number of rotatable bonds is 1. The number of H-pyrrole nitrogens is 1. The van der Waals surface area contributed by atoms with Crippen LogP contribution in [0.1, 0.15) is 0 Å². The molecular weight excluding hydrogens is 240 g/mol. The summed E-state index contributed by atoms with van der Waals surface area (Å²) >= 11 is 0. The quantitative estimate of drug-likeness (QED) is 0.718. The predicted molar refractivity (Wildman–Crippen MR) is 62.2 cm³/mol. The summed E-state index contributed by atoms with van der Waals surface area (Å²) in [6, 6.07) is 8.56. The Kier molecular flexibility index (Phi) is 2.26. The molecule has 1 N–H and O–H groups in total. The maximum absolute atomic E-state index is 13.1. The molecule has 3 nitrogen and oxygen atoms in total. The number of hydrogen-bond donors (Lipinski definition) is 1. The lowest BCUT2D eigenvalue weighted by molar-refractivity contribution is 0.509. The Morgan fingerprint density at radius 1 is 0.944 bits per heavy atom. The molecule has 1 heterocycles. The number of oxazole rings is 1. The maximum Gasteiger partial charge on any atom is 0.417 e. The van der Waals surface area contributed by atoms with Crippen molar-refractivity contribution in [2.75, 3.05) is 0 Å². The molecule has 0 aliphatic carbocycles. The first-order valence-corrected chi connectivity index (χ1v) is 5.22. The van der Waals surface area contributed by atoms with E-state index in [2.05, 4.69) is 4.98 Å². The number of aromatic amines is 1. The third kappa shape index (κ3) is 1.69. The van der Waals surface area contributed by atoms with Crippen LogP contribution >= 0.6 is 0 Å². The first-order valence-electron chi connectivity index (χ1n) is 5.22. The zero-order valence-electron chi connectivity index (χ0n) is 9.04. The second-order valence-corrected chi connectivity index (χ2v) is 3.85. The molecule has 3 aromatic rings. The summed E-state index contributed by atoms with van der Waals surface area (Å²) in [6.07, 6.45) is 0. The molecule has 0 atom stereocenters. The molecule has 18 heavy (non-hydrogen) atoms. The van der Waals surface area contributed by atoms with Crippen LogP contribution < -0.4 is 5.76 Å². The van der Waals surface area contributed by atoms with Crippen LogP contribution in [0, 0.1) is 11.6 Å². The van der Waals surface area contributed by atoms with E-state index in [0.29, 0.717) is 22.2 Å². The molecule has 0 aliphatic rings. The zero-order valence-corrected chi connectivity index (χ0v) is 9.04. The molecular formula is C13H7F2NO2. The van der Waals surface area contributed by atoms with Crippen LogP contribution in [0.4, 0.5) is 8.78 Å². The lowest BCUT2D eigenvalue weighted by Crippen LogP contribution is -1.92. The van der Waals surface area contributed by atoms with Gasteiger partial charge in [0.2, 0.25) is 0 Å². The van der Waals surface area contributed by atoms with Gasteiger partial charge in [0.15, 0.2) is 17.2 Å². The normalized spacial score (nSPS) is 11.0. The van der Waals surface area contributed by atoms with Crippen molar-refractivity contribution in [3.63, 3.8) is 0 Å². The number of fused-ring (bicyclic) bond motifs is 1. The van der Waals surface area contributed by atoms with Crippen LogP contribution in [-0.2, 0) is 0 Å². The Labute approximate surface area is 99.7 Å². The van der Waals surface area contributed by atoms with Crippen molar-refractivity contribution < 1.29 is 13.2 Å². The lowest BCUT2D eigenvalue weighted by atomic mass is 10.1. The topological polar surface area (TPSA) is 46.0 Å². The minimum Gasteiger partial charge on any atom is -0.408 e. The molecule has 0 saturated heterocycles. The van der Waals surface area contributed by atoms with E-state index >= 15 is 0 Å². The minimum atomic E-state index is -0.914. The zero-order chi connectivity index (χ0) is 12.7. The summed E-state index contributed by atoms with van der Waals surface area (Å²) in [7, 11) is 0. The van der Waals surface area contributed by atoms with Gasteiger partial charge < -0.3 is 4.42 Å². The van der Waals surface area contributed by atoms with E-state index in [9.17, 15) is 13.6 Å².